The zero-order valence-electron chi connectivity index (χ0n) is 13.0. The van der Waals surface area contributed by atoms with Gasteiger partial charge in [0, 0.05) is 6.20 Å². The lowest BCUT2D eigenvalue weighted by Gasteiger charge is -2.11. The number of nitrogens with one attached hydrogen (secondary N) is 2. The monoisotopic (exact) mass is 415 g/mol. The van der Waals surface area contributed by atoms with Crippen LogP contribution in [0, 0.1) is 0 Å². The first-order valence-electron chi connectivity index (χ1n) is 7.45. The van der Waals surface area contributed by atoms with Crippen LogP contribution in [0.1, 0.15) is 0 Å². The van der Waals surface area contributed by atoms with Gasteiger partial charge in [-0.2, -0.15) is 0 Å². The normalized spacial score (nSPS) is 10.3. The molecule has 1 aromatic heterocycles. The highest BCUT2D eigenvalue weighted by atomic mass is 79.9. The number of aromatic nitrogens is 1. The van der Waals surface area contributed by atoms with Gasteiger partial charge in [0.15, 0.2) is 11.7 Å². The lowest BCUT2D eigenvalue weighted by Crippen LogP contribution is -2.37. The molecular weight excluding hydrogens is 402 g/mol. The Balaban J connectivity index is 1.57. The Bertz CT molecular complexity index is 919. The molecule has 0 unspecified atom stereocenters. The molecule has 0 aliphatic heterocycles. The third kappa shape index (κ3) is 4.52. The standard InChI is InChI=1S/C18H14BrN3O2S/c19-17-13-6-2-1-5-12(13)8-9-14(17)24-11-16(23)22-18(25)21-15-7-3-4-10-20-15/h1-10H,11H2,(H2,20,21,22,23,25). The first-order valence-corrected chi connectivity index (χ1v) is 8.65. The summed E-state index contributed by atoms with van der Waals surface area (Å²) in [6.45, 7) is -0.152. The van der Waals surface area contributed by atoms with E-state index in [0.29, 0.717) is 11.6 Å². The van der Waals surface area contributed by atoms with Crippen molar-refractivity contribution in [3.05, 3.63) is 65.3 Å². The lowest BCUT2D eigenvalue weighted by atomic mass is 10.1. The highest BCUT2D eigenvalue weighted by molar-refractivity contribution is 9.10. The molecule has 0 bridgehead atoms. The van der Waals surface area contributed by atoms with E-state index in [1.54, 1.807) is 18.3 Å². The SMILES string of the molecule is O=C(COc1ccc2ccccc2c1Br)NC(=S)Nc1ccccn1. The van der Waals surface area contributed by atoms with Crippen LogP contribution in [-0.2, 0) is 4.79 Å². The molecule has 126 valence electrons. The molecule has 2 N–H and O–H groups in total. The molecule has 0 spiro atoms. The lowest BCUT2D eigenvalue weighted by molar-refractivity contribution is -0.121. The van der Waals surface area contributed by atoms with E-state index in [-0.39, 0.29) is 17.6 Å². The Morgan fingerprint density at radius 2 is 1.92 bits per heavy atom. The smallest absolute Gasteiger partial charge is 0.264 e. The summed E-state index contributed by atoms with van der Waals surface area (Å²) in [5, 5.41) is 7.67. The molecule has 1 heterocycles. The van der Waals surface area contributed by atoms with Crippen molar-refractivity contribution < 1.29 is 9.53 Å². The molecular formula is C18H14BrN3O2S. The fourth-order valence-corrected chi connectivity index (χ4v) is 3.04. The summed E-state index contributed by atoms with van der Waals surface area (Å²) >= 11 is 8.61. The number of ether oxygens (including phenoxy) is 1. The van der Waals surface area contributed by atoms with Crippen molar-refractivity contribution in [3.63, 3.8) is 0 Å². The molecule has 0 aliphatic rings. The van der Waals surface area contributed by atoms with Crippen molar-refractivity contribution in [3.8, 4) is 5.75 Å². The average Bonchev–Trinajstić information content (AvgIpc) is 2.62. The van der Waals surface area contributed by atoms with Gasteiger partial charge in [-0.05, 0) is 57.1 Å². The Labute approximate surface area is 158 Å². The fourth-order valence-electron chi connectivity index (χ4n) is 2.22. The van der Waals surface area contributed by atoms with Gasteiger partial charge in [-0.25, -0.2) is 4.98 Å². The number of pyridine rings is 1. The van der Waals surface area contributed by atoms with Crippen LogP contribution in [0.15, 0.2) is 65.3 Å². The summed E-state index contributed by atoms with van der Waals surface area (Å²) in [7, 11) is 0. The number of carbonyl (C=O) groups excluding carboxylic acids is 1. The second kappa shape index (κ2) is 8.04. The Hall–Kier alpha value is -2.51. The average molecular weight is 416 g/mol. The van der Waals surface area contributed by atoms with Crippen molar-refractivity contribution in [2.45, 2.75) is 0 Å². The van der Waals surface area contributed by atoms with Gasteiger partial charge in [-0.3, -0.25) is 10.1 Å². The van der Waals surface area contributed by atoms with Crippen LogP contribution in [0.2, 0.25) is 0 Å². The molecule has 0 saturated heterocycles. The maximum Gasteiger partial charge on any atom is 0.264 e. The number of rotatable bonds is 4. The number of amides is 1. The molecule has 25 heavy (non-hydrogen) atoms. The van der Waals surface area contributed by atoms with Gasteiger partial charge in [0.1, 0.15) is 11.6 Å². The molecule has 2 aromatic carbocycles. The summed E-state index contributed by atoms with van der Waals surface area (Å²) in [6, 6.07) is 17.0. The third-order valence-corrected chi connectivity index (χ3v) is 4.37. The van der Waals surface area contributed by atoms with Gasteiger partial charge >= 0.3 is 0 Å². The maximum absolute atomic E-state index is 12.0. The number of nitrogens with zero attached hydrogens (tertiary/aromatic N) is 1. The molecule has 0 radical (unpaired) electrons. The van der Waals surface area contributed by atoms with E-state index in [1.807, 2.05) is 42.5 Å². The molecule has 3 rings (SSSR count). The number of benzene rings is 2. The molecule has 3 aromatic rings. The Kier molecular flexibility index (Phi) is 5.57. The minimum Gasteiger partial charge on any atom is -0.483 e. The van der Waals surface area contributed by atoms with Crippen molar-refractivity contribution in [1.29, 1.82) is 0 Å². The van der Waals surface area contributed by atoms with E-state index in [0.717, 1.165) is 15.2 Å². The third-order valence-electron chi connectivity index (χ3n) is 3.35. The van der Waals surface area contributed by atoms with E-state index in [2.05, 4.69) is 31.5 Å². The van der Waals surface area contributed by atoms with Crippen molar-refractivity contribution in [2.24, 2.45) is 0 Å². The number of anilines is 1. The van der Waals surface area contributed by atoms with Gasteiger partial charge in [0.05, 0.1) is 4.47 Å². The zero-order valence-corrected chi connectivity index (χ0v) is 15.4. The molecule has 0 saturated carbocycles. The van der Waals surface area contributed by atoms with Crippen LogP contribution < -0.4 is 15.4 Å². The topological polar surface area (TPSA) is 63.2 Å². The van der Waals surface area contributed by atoms with Crippen LogP contribution >= 0.6 is 28.1 Å². The Morgan fingerprint density at radius 1 is 1.12 bits per heavy atom. The first-order chi connectivity index (χ1) is 12.1. The van der Waals surface area contributed by atoms with E-state index in [9.17, 15) is 4.79 Å². The number of carbonyl (C=O) groups is 1. The Morgan fingerprint density at radius 3 is 2.72 bits per heavy atom. The van der Waals surface area contributed by atoms with Crippen LogP contribution in [0.3, 0.4) is 0 Å². The van der Waals surface area contributed by atoms with Gasteiger partial charge in [0.2, 0.25) is 0 Å². The van der Waals surface area contributed by atoms with Gasteiger partial charge in [-0.15, -0.1) is 0 Å². The van der Waals surface area contributed by atoms with E-state index >= 15 is 0 Å². The molecule has 0 aliphatic carbocycles. The minimum absolute atomic E-state index is 0.152. The number of thiocarbonyl (C=S) groups is 1. The minimum atomic E-state index is -0.353. The van der Waals surface area contributed by atoms with Gasteiger partial charge in [0.25, 0.3) is 5.91 Å². The summed E-state index contributed by atoms with van der Waals surface area (Å²) in [6.07, 6.45) is 1.63. The van der Waals surface area contributed by atoms with E-state index in [1.165, 1.54) is 0 Å². The van der Waals surface area contributed by atoms with Gasteiger partial charge in [-0.1, -0.05) is 36.4 Å². The van der Waals surface area contributed by atoms with Crippen LogP contribution in [0.25, 0.3) is 10.8 Å². The van der Waals surface area contributed by atoms with Crippen molar-refractivity contribution in [1.82, 2.24) is 10.3 Å². The number of hydrogen-bond acceptors (Lipinski definition) is 4. The van der Waals surface area contributed by atoms with Crippen LogP contribution in [0.4, 0.5) is 5.82 Å². The van der Waals surface area contributed by atoms with E-state index in [4.69, 9.17) is 17.0 Å². The molecule has 0 fully saturated rings. The van der Waals surface area contributed by atoms with Crippen LogP contribution in [-0.4, -0.2) is 22.6 Å². The number of fused-ring (bicyclic) bond motifs is 1. The highest BCUT2D eigenvalue weighted by Gasteiger charge is 2.10. The van der Waals surface area contributed by atoms with Crippen molar-refractivity contribution in [2.75, 3.05) is 11.9 Å². The summed E-state index contributed by atoms with van der Waals surface area (Å²) in [5.41, 5.74) is 0. The molecule has 1 amide bonds. The second-order valence-electron chi connectivity index (χ2n) is 5.10. The zero-order chi connectivity index (χ0) is 17.6. The highest BCUT2D eigenvalue weighted by Crippen LogP contribution is 2.32. The van der Waals surface area contributed by atoms with Crippen LogP contribution in [0.5, 0.6) is 5.75 Å². The molecule has 5 nitrogen and oxygen atoms in total. The number of hydrogen-bond donors (Lipinski definition) is 2. The summed E-state index contributed by atoms with van der Waals surface area (Å²) in [5.74, 6) is 0.803. The second-order valence-corrected chi connectivity index (χ2v) is 6.31. The molecule has 0 atom stereocenters. The first kappa shape index (κ1) is 17.3. The quantitative estimate of drug-likeness (QED) is 0.632. The predicted molar refractivity (Wildman–Crippen MR) is 106 cm³/mol. The maximum atomic E-state index is 12.0. The van der Waals surface area contributed by atoms with Crippen molar-refractivity contribution >= 4 is 55.8 Å². The fraction of sp³-hybridized carbons (Fsp3) is 0.0556. The number of halogens is 1. The van der Waals surface area contributed by atoms with Gasteiger partial charge < -0.3 is 10.1 Å². The van der Waals surface area contributed by atoms with E-state index < -0.39 is 0 Å². The summed E-state index contributed by atoms with van der Waals surface area (Å²) in [4.78, 5) is 16.1. The largest absolute Gasteiger partial charge is 0.483 e. The summed E-state index contributed by atoms with van der Waals surface area (Å²) < 4.78 is 6.41. The predicted octanol–water partition coefficient (Wildman–Crippen LogP) is 3.89. The molecule has 7 heteroatoms.